The maximum Gasteiger partial charge on any atom is 0.306 e. The molecule has 0 aliphatic rings. The van der Waals surface area contributed by atoms with Crippen LogP contribution in [0, 0.1) is 0 Å². The predicted octanol–water partition coefficient (Wildman–Crippen LogP) is 7.68. The Morgan fingerprint density at radius 3 is 1.80 bits per heavy atom. The van der Waals surface area contributed by atoms with Crippen LogP contribution in [0.4, 0.5) is 0 Å². The van der Waals surface area contributed by atoms with E-state index >= 15 is 0 Å². The van der Waals surface area contributed by atoms with Gasteiger partial charge in [-0.15, -0.1) is 0 Å². The molecule has 1 aromatic carbocycles. The molecule has 0 heterocycles. The Labute approximate surface area is 217 Å². The fraction of sp³-hybridized carbons (Fsp3) is 0.774. The van der Waals surface area contributed by atoms with E-state index in [1.165, 1.54) is 51.4 Å². The van der Waals surface area contributed by atoms with E-state index in [9.17, 15) is 9.90 Å². The average molecular weight is 491 g/mol. The summed E-state index contributed by atoms with van der Waals surface area (Å²) in [6, 6.07) is 4.11. The van der Waals surface area contributed by atoms with Crippen molar-refractivity contribution in [2.45, 2.75) is 124 Å². The average Bonchev–Trinajstić information content (AvgIpc) is 2.73. The number of hydrogen-bond acceptors (Lipinski definition) is 3. The number of likely N-dealkylation sites (N-methyl/N-ethyl adjacent to an activating group) is 1. The lowest BCUT2D eigenvalue weighted by Crippen LogP contribution is -2.43. The van der Waals surface area contributed by atoms with E-state index in [0.717, 1.165) is 34.3 Å². The third kappa shape index (κ3) is 12.3. The van der Waals surface area contributed by atoms with Crippen LogP contribution in [0.15, 0.2) is 12.1 Å². The van der Waals surface area contributed by atoms with Crippen LogP contribution >= 0.6 is 0 Å². The van der Waals surface area contributed by atoms with Crippen LogP contribution in [-0.4, -0.2) is 49.4 Å². The standard InChI is InChI=1S/C31H55NO3/c1-10-11-12-13-14-15-16-17-20-32(8,9)21-22-35-28(33)19-18-25-23-26(30(2,3)4)29(34)27(24-25)31(5,6)7/h23-24H,10-22H2,1-9H3/p+1. The number of aryl methyl sites for hydroxylation is 1. The number of hydrogen-bond donors (Lipinski definition) is 1. The number of phenolic OH excluding ortho intramolecular Hbond substituents is 1. The topological polar surface area (TPSA) is 46.5 Å². The van der Waals surface area contributed by atoms with Gasteiger partial charge in [-0.2, -0.15) is 0 Å². The number of aromatic hydroxyl groups is 1. The first-order chi connectivity index (χ1) is 16.2. The van der Waals surface area contributed by atoms with E-state index in [1.807, 2.05) is 0 Å². The first-order valence-electron chi connectivity index (χ1n) is 14.0. The monoisotopic (exact) mass is 490 g/mol. The second-order valence-corrected chi connectivity index (χ2v) is 13.1. The summed E-state index contributed by atoms with van der Waals surface area (Å²) in [6.45, 7) is 17.4. The number of unbranched alkanes of at least 4 members (excludes halogenated alkanes) is 7. The van der Waals surface area contributed by atoms with Gasteiger partial charge >= 0.3 is 5.97 Å². The van der Waals surface area contributed by atoms with Crippen molar-refractivity contribution in [3.63, 3.8) is 0 Å². The first kappa shape index (κ1) is 31.5. The number of esters is 1. The molecule has 202 valence electrons. The Balaban J connectivity index is 2.48. The highest BCUT2D eigenvalue weighted by atomic mass is 16.5. The lowest BCUT2D eigenvalue weighted by Gasteiger charge is -2.29. The highest BCUT2D eigenvalue weighted by Crippen LogP contribution is 2.40. The molecule has 0 radical (unpaired) electrons. The maximum atomic E-state index is 12.5. The zero-order chi connectivity index (χ0) is 26.7. The molecule has 0 aromatic heterocycles. The van der Waals surface area contributed by atoms with Crippen molar-refractivity contribution in [3.05, 3.63) is 28.8 Å². The molecule has 0 fully saturated rings. The number of quaternary nitrogens is 1. The minimum Gasteiger partial charge on any atom is -0.507 e. The number of phenols is 1. The van der Waals surface area contributed by atoms with Crippen molar-refractivity contribution >= 4 is 5.97 Å². The van der Waals surface area contributed by atoms with E-state index in [2.05, 4.69) is 74.7 Å². The van der Waals surface area contributed by atoms with Crippen LogP contribution < -0.4 is 0 Å². The van der Waals surface area contributed by atoms with Crippen molar-refractivity contribution in [2.24, 2.45) is 0 Å². The van der Waals surface area contributed by atoms with Gasteiger partial charge in [-0.1, -0.05) is 99.1 Å². The molecule has 0 saturated heterocycles. The molecule has 0 atom stereocenters. The summed E-state index contributed by atoms with van der Waals surface area (Å²) < 4.78 is 6.49. The molecule has 4 heteroatoms. The molecule has 0 aliphatic heterocycles. The summed E-state index contributed by atoms with van der Waals surface area (Å²) in [6.07, 6.45) is 11.7. The highest BCUT2D eigenvalue weighted by Gasteiger charge is 2.26. The molecule has 0 spiro atoms. The quantitative estimate of drug-likeness (QED) is 0.156. The maximum absolute atomic E-state index is 12.5. The largest absolute Gasteiger partial charge is 0.507 e. The summed E-state index contributed by atoms with van der Waals surface area (Å²) in [5.41, 5.74) is 2.63. The fourth-order valence-corrected chi connectivity index (χ4v) is 4.49. The zero-order valence-corrected chi connectivity index (χ0v) is 24.6. The summed E-state index contributed by atoms with van der Waals surface area (Å²) in [5, 5.41) is 10.9. The molecule has 0 bridgehead atoms. The van der Waals surface area contributed by atoms with Gasteiger partial charge in [0.25, 0.3) is 0 Å². The van der Waals surface area contributed by atoms with Gasteiger partial charge in [0, 0.05) is 6.42 Å². The number of rotatable bonds is 15. The second-order valence-electron chi connectivity index (χ2n) is 13.1. The molecule has 1 rings (SSSR count). The first-order valence-corrected chi connectivity index (χ1v) is 14.0. The highest BCUT2D eigenvalue weighted by molar-refractivity contribution is 5.69. The van der Waals surface area contributed by atoms with Crippen molar-refractivity contribution in [3.8, 4) is 5.75 Å². The third-order valence-corrected chi connectivity index (χ3v) is 6.98. The van der Waals surface area contributed by atoms with Gasteiger partial charge in [-0.3, -0.25) is 4.79 Å². The molecule has 0 aliphatic carbocycles. The Kier molecular flexibility index (Phi) is 12.8. The molecule has 0 unspecified atom stereocenters. The predicted molar refractivity (Wildman–Crippen MR) is 149 cm³/mol. The second kappa shape index (κ2) is 14.3. The third-order valence-electron chi connectivity index (χ3n) is 6.98. The molecule has 1 aromatic rings. The van der Waals surface area contributed by atoms with Crippen LogP contribution in [0.5, 0.6) is 5.75 Å². The van der Waals surface area contributed by atoms with Gasteiger partial charge in [0.15, 0.2) is 0 Å². The van der Waals surface area contributed by atoms with Crippen LogP contribution in [-0.2, 0) is 26.8 Å². The lowest BCUT2D eigenvalue weighted by atomic mass is 9.78. The summed E-state index contributed by atoms with van der Waals surface area (Å²) in [5.74, 6) is 0.243. The van der Waals surface area contributed by atoms with Gasteiger partial charge in [0.2, 0.25) is 0 Å². The van der Waals surface area contributed by atoms with E-state index in [4.69, 9.17) is 4.74 Å². The van der Waals surface area contributed by atoms with E-state index in [-0.39, 0.29) is 16.8 Å². The van der Waals surface area contributed by atoms with Crippen LogP contribution in [0.1, 0.15) is 123 Å². The van der Waals surface area contributed by atoms with Gasteiger partial charge < -0.3 is 14.3 Å². The van der Waals surface area contributed by atoms with Crippen LogP contribution in [0.2, 0.25) is 0 Å². The van der Waals surface area contributed by atoms with Gasteiger partial charge in [0.05, 0.1) is 20.6 Å². The minimum atomic E-state index is -0.168. The van der Waals surface area contributed by atoms with Gasteiger partial charge in [0.1, 0.15) is 18.9 Å². The number of carbonyl (C=O) groups is 1. The smallest absolute Gasteiger partial charge is 0.306 e. The van der Waals surface area contributed by atoms with E-state index < -0.39 is 0 Å². The summed E-state index contributed by atoms with van der Waals surface area (Å²) in [7, 11) is 4.46. The Morgan fingerprint density at radius 1 is 0.829 bits per heavy atom. The normalized spacial score (nSPS) is 12.7. The van der Waals surface area contributed by atoms with Crippen LogP contribution in [0.25, 0.3) is 0 Å². The van der Waals surface area contributed by atoms with E-state index in [1.54, 1.807) is 0 Å². The van der Waals surface area contributed by atoms with Crippen molar-refractivity contribution in [1.29, 1.82) is 0 Å². The van der Waals surface area contributed by atoms with Gasteiger partial charge in [-0.05, 0) is 46.8 Å². The fourth-order valence-electron chi connectivity index (χ4n) is 4.49. The van der Waals surface area contributed by atoms with E-state index in [0.29, 0.717) is 25.2 Å². The zero-order valence-electron chi connectivity index (χ0n) is 24.6. The Morgan fingerprint density at radius 2 is 1.31 bits per heavy atom. The molecule has 0 amide bonds. The van der Waals surface area contributed by atoms with Crippen molar-refractivity contribution in [2.75, 3.05) is 33.8 Å². The lowest BCUT2D eigenvalue weighted by molar-refractivity contribution is -0.890. The molecule has 0 saturated carbocycles. The SMILES string of the molecule is CCCCCCCCCC[N+](C)(C)CCOC(=O)CCc1cc(C(C)(C)C)c(O)c(C(C)(C)C)c1. The summed E-state index contributed by atoms with van der Waals surface area (Å²) in [4.78, 5) is 12.5. The van der Waals surface area contributed by atoms with Gasteiger partial charge in [-0.25, -0.2) is 0 Å². The van der Waals surface area contributed by atoms with Crippen LogP contribution in [0.3, 0.4) is 0 Å². The Bertz CT molecular complexity index is 733. The Hall–Kier alpha value is -1.55. The summed E-state index contributed by atoms with van der Waals surface area (Å²) >= 11 is 0. The van der Waals surface area contributed by atoms with Crippen molar-refractivity contribution in [1.82, 2.24) is 0 Å². The molecule has 4 nitrogen and oxygen atoms in total. The molecular formula is C31H56NO3+. The molecule has 1 N–H and O–H groups in total. The number of ether oxygens (including phenoxy) is 1. The molecular weight excluding hydrogens is 434 g/mol. The van der Waals surface area contributed by atoms with Crippen molar-refractivity contribution < 1.29 is 19.1 Å². The molecule has 35 heavy (non-hydrogen) atoms. The number of carbonyl (C=O) groups excluding carboxylic acids is 1. The number of benzene rings is 1. The number of nitrogens with zero attached hydrogens (tertiary/aromatic N) is 1. The minimum absolute atomic E-state index is 0.139.